The van der Waals surface area contributed by atoms with Crippen LogP contribution in [0.4, 0.5) is 0 Å². The van der Waals surface area contributed by atoms with E-state index < -0.39 is 0 Å². The Labute approximate surface area is 82.6 Å². The summed E-state index contributed by atoms with van der Waals surface area (Å²) in [6, 6.07) is 5.57. The maximum atomic E-state index is 9.69. The molecule has 1 heterocycles. The number of benzene rings is 1. The highest BCUT2D eigenvalue weighted by Crippen LogP contribution is 2.27. The molecule has 1 atom stereocenters. The summed E-state index contributed by atoms with van der Waals surface area (Å²) in [5.74, 6) is 0.319. The van der Waals surface area contributed by atoms with E-state index in [0.717, 1.165) is 22.9 Å². The number of hydrogen-bond donors (Lipinski definition) is 3. The Kier molecular flexibility index (Phi) is 2.17. The quantitative estimate of drug-likeness (QED) is 0.675. The molecule has 0 aliphatic carbocycles. The lowest BCUT2D eigenvalue weighted by Crippen LogP contribution is -2.17. The zero-order chi connectivity index (χ0) is 10.1. The maximum absolute atomic E-state index is 9.69. The van der Waals surface area contributed by atoms with Gasteiger partial charge in [-0.1, -0.05) is 6.07 Å². The van der Waals surface area contributed by atoms with Gasteiger partial charge < -0.3 is 15.8 Å². The van der Waals surface area contributed by atoms with Crippen molar-refractivity contribution in [1.82, 2.24) is 4.98 Å². The van der Waals surface area contributed by atoms with Gasteiger partial charge in [0.15, 0.2) is 0 Å². The largest absolute Gasteiger partial charge is 0.507 e. The predicted octanol–water partition coefficient (Wildman–Crippen LogP) is 1.76. The number of rotatable bonds is 2. The molecule has 2 rings (SSSR count). The van der Waals surface area contributed by atoms with Crippen LogP contribution in [0.1, 0.15) is 12.5 Å². The number of phenols is 1. The summed E-state index contributed by atoms with van der Waals surface area (Å²) in [4.78, 5) is 3.12. The number of nitrogens with two attached hydrogens (primary N) is 1. The van der Waals surface area contributed by atoms with Crippen molar-refractivity contribution in [2.45, 2.75) is 19.4 Å². The van der Waals surface area contributed by atoms with Crippen molar-refractivity contribution in [3.63, 3.8) is 0 Å². The first kappa shape index (κ1) is 9.09. The summed E-state index contributed by atoms with van der Waals surface area (Å²) in [6.07, 6.45) is 2.69. The number of fused-ring (bicyclic) bond motifs is 1. The number of aromatic hydroxyl groups is 1. The second kappa shape index (κ2) is 3.35. The molecule has 1 aromatic carbocycles. The molecule has 1 aromatic heterocycles. The molecule has 74 valence electrons. The van der Waals surface area contributed by atoms with Crippen LogP contribution in [0.5, 0.6) is 5.75 Å². The van der Waals surface area contributed by atoms with E-state index in [1.807, 2.05) is 25.3 Å². The SMILES string of the molecule is C[C@H](N)Cc1c[nH]c2cccc(O)c12. The van der Waals surface area contributed by atoms with Crippen molar-refractivity contribution < 1.29 is 5.11 Å². The van der Waals surface area contributed by atoms with Gasteiger partial charge in [-0.25, -0.2) is 0 Å². The van der Waals surface area contributed by atoms with Gasteiger partial charge in [0.05, 0.1) is 0 Å². The smallest absolute Gasteiger partial charge is 0.125 e. The average Bonchev–Trinajstić information content (AvgIpc) is 2.49. The molecule has 0 unspecified atom stereocenters. The van der Waals surface area contributed by atoms with E-state index in [0.29, 0.717) is 5.75 Å². The Bertz CT molecular complexity index is 445. The van der Waals surface area contributed by atoms with E-state index in [9.17, 15) is 5.11 Å². The van der Waals surface area contributed by atoms with Crippen molar-refractivity contribution >= 4 is 10.9 Å². The number of H-pyrrole nitrogens is 1. The van der Waals surface area contributed by atoms with Gasteiger partial charge >= 0.3 is 0 Å². The minimum atomic E-state index is 0.105. The topological polar surface area (TPSA) is 62.0 Å². The summed E-state index contributed by atoms with van der Waals surface area (Å²) in [7, 11) is 0. The molecule has 0 fully saturated rings. The normalized spacial score (nSPS) is 13.3. The van der Waals surface area contributed by atoms with Crippen LogP contribution in [0.2, 0.25) is 0 Å². The third kappa shape index (κ3) is 1.46. The number of aromatic amines is 1. The van der Waals surface area contributed by atoms with Crippen molar-refractivity contribution in [3.8, 4) is 5.75 Å². The van der Waals surface area contributed by atoms with Crippen LogP contribution in [0.15, 0.2) is 24.4 Å². The molecule has 3 nitrogen and oxygen atoms in total. The van der Waals surface area contributed by atoms with Crippen molar-refractivity contribution in [3.05, 3.63) is 30.0 Å². The van der Waals surface area contributed by atoms with Crippen LogP contribution < -0.4 is 5.73 Å². The molecular formula is C11H14N2O. The van der Waals surface area contributed by atoms with Gasteiger partial charge in [0.2, 0.25) is 0 Å². The molecule has 4 N–H and O–H groups in total. The van der Waals surface area contributed by atoms with E-state index in [2.05, 4.69) is 4.98 Å². The maximum Gasteiger partial charge on any atom is 0.125 e. The third-order valence-electron chi connectivity index (χ3n) is 2.31. The highest BCUT2D eigenvalue weighted by molar-refractivity contribution is 5.89. The van der Waals surface area contributed by atoms with Gasteiger partial charge in [-0.2, -0.15) is 0 Å². The summed E-state index contributed by atoms with van der Waals surface area (Å²) in [5.41, 5.74) is 7.77. The van der Waals surface area contributed by atoms with E-state index in [1.54, 1.807) is 6.07 Å². The summed E-state index contributed by atoms with van der Waals surface area (Å²) in [6.45, 7) is 1.96. The van der Waals surface area contributed by atoms with Gasteiger partial charge in [0, 0.05) is 23.1 Å². The first-order valence-electron chi connectivity index (χ1n) is 4.72. The lowest BCUT2D eigenvalue weighted by atomic mass is 10.1. The minimum Gasteiger partial charge on any atom is -0.507 e. The van der Waals surface area contributed by atoms with E-state index in [4.69, 9.17) is 5.73 Å². The molecule has 14 heavy (non-hydrogen) atoms. The Hall–Kier alpha value is -1.48. The van der Waals surface area contributed by atoms with Crippen LogP contribution in [0.25, 0.3) is 10.9 Å². The van der Waals surface area contributed by atoms with Gasteiger partial charge in [0.1, 0.15) is 5.75 Å². The molecule has 3 heteroatoms. The molecule has 0 saturated heterocycles. The van der Waals surface area contributed by atoms with Crippen LogP contribution in [0.3, 0.4) is 0 Å². The Balaban J connectivity index is 2.55. The fourth-order valence-electron chi connectivity index (χ4n) is 1.74. The Morgan fingerprint density at radius 2 is 2.29 bits per heavy atom. The molecule has 0 amide bonds. The summed E-state index contributed by atoms with van der Waals surface area (Å²) in [5, 5.41) is 10.6. The molecule has 0 saturated carbocycles. The van der Waals surface area contributed by atoms with Crippen molar-refractivity contribution in [2.75, 3.05) is 0 Å². The van der Waals surface area contributed by atoms with Crippen LogP contribution in [-0.2, 0) is 6.42 Å². The van der Waals surface area contributed by atoms with Crippen molar-refractivity contribution in [2.24, 2.45) is 5.73 Å². The highest BCUT2D eigenvalue weighted by atomic mass is 16.3. The first-order chi connectivity index (χ1) is 6.68. The predicted molar refractivity (Wildman–Crippen MR) is 57.3 cm³/mol. The molecule has 0 aliphatic heterocycles. The Morgan fingerprint density at radius 1 is 1.50 bits per heavy atom. The van der Waals surface area contributed by atoms with Crippen LogP contribution in [0, 0.1) is 0 Å². The van der Waals surface area contributed by atoms with Gasteiger partial charge in [-0.05, 0) is 31.0 Å². The van der Waals surface area contributed by atoms with Crippen LogP contribution >= 0.6 is 0 Å². The number of hydrogen-bond acceptors (Lipinski definition) is 2. The minimum absolute atomic E-state index is 0.105. The number of aromatic nitrogens is 1. The summed E-state index contributed by atoms with van der Waals surface area (Å²) >= 11 is 0. The van der Waals surface area contributed by atoms with Crippen LogP contribution in [-0.4, -0.2) is 16.1 Å². The van der Waals surface area contributed by atoms with Crippen molar-refractivity contribution in [1.29, 1.82) is 0 Å². The molecule has 0 aliphatic rings. The lowest BCUT2D eigenvalue weighted by Gasteiger charge is -2.03. The second-order valence-electron chi connectivity index (χ2n) is 3.70. The zero-order valence-electron chi connectivity index (χ0n) is 8.12. The van der Waals surface area contributed by atoms with Gasteiger partial charge in [-0.3, -0.25) is 0 Å². The van der Waals surface area contributed by atoms with Gasteiger partial charge in [0.25, 0.3) is 0 Å². The fraction of sp³-hybridized carbons (Fsp3) is 0.273. The average molecular weight is 190 g/mol. The van der Waals surface area contributed by atoms with E-state index in [1.165, 1.54) is 0 Å². The van der Waals surface area contributed by atoms with E-state index in [-0.39, 0.29) is 6.04 Å². The van der Waals surface area contributed by atoms with E-state index >= 15 is 0 Å². The molecule has 2 aromatic rings. The molecule has 0 radical (unpaired) electrons. The first-order valence-corrected chi connectivity index (χ1v) is 4.72. The monoisotopic (exact) mass is 190 g/mol. The van der Waals surface area contributed by atoms with Gasteiger partial charge in [-0.15, -0.1) is 0 Å². The summed E-state index contributed by atoms with van der Waals surface area (Å²) < 4.78 is 0. The molecule has 0 bridgehead atoms. The number of nitrogens with one attached hydrogen (secondary N) is 1. The third-order valence-corrected chi connectivity index (χ3v) is 2.31. The number of phenolic OH excluding ortho intramolecular Hbond substituents is 1. The molecular weight excluding hydrogens is 176 g/mol. The standard InChI is InChI=1S/C11H14N2O/c1-7(12)5-8-6-13-9-3-2-4-10(14)11(8)9/h2-4,6-7,13-14H,5,12H2,1H3/t7-/m0/s1. The fourth-order valence-corrected chi connectivity index (χ4v) is 1.74. The zero-order valence-corrected chi connectivity index (χ0v) is 8.12. The lowest BCUT2D eigenvalue weighted by molar-refractivity contribution is 0.481. The Morgan fingerprint density at radius 3 is 3.00 bits per heavy atom. The second-order valence-corrected chi connectivity index (χ2v) is 3.70. The highest BCUT2D eigenvalue weighted by Gasteiger charge is 2.08. The molecule has 0 spiro atoms.